The second-order valence-electron chi connectivity index (χ2n) is 18.8. The number of fused-ring (bicyclic) bond motifs is 2. The van der Waals surface area contributed by atoms with E-state index in [1.807, 2.05) is 0 Å². The molecule has 0 saturated heterocycles. The van der Waals surface area contributed by atoms with Gasteiger partial charge >= 0.3 is 6.18 Å². The third kappa shape index (κ3) is 15.2. The Balaban J connectivity index is 1.54. The van der Waals surface area contributed by atoms with Crippen molar-refractivity contribution in [3.05, 3.63) is 106 Å². The van der Waals surface area contributed by atoms with Gasteiger partial charge in [-0.3, -0.25) is 32.9 Å². The van der Waals surface area contributed by atoms with Gasteiger partial charge in [0.05, 0.1) is 33.8 Å². The summed E-state index contributed by atoms with van der Waals surface area (Å²) in [4.78, 5) is 38.6. The van der Waals surface area contributed by atoms with Crippen LogP contribution in [0.3, 0.4) is 0 Å². The van der Waals surface area contributed by atoms with Crippen molar-refractivity contribution in [2.45, 2.75) is 108 Å². The number of imide groups is 1. The maximum atomic E-state index is 15.9. The first kappa shape index (κ1) is 60.5. The molecule has 0 spiro atoms. The Morgan fingerprint density at radius 3 is 1.83 bits per heavy atom. The van der Waals surface area contributed by atoms with Crippen molar-refractivity contribution in [3.8, 4) is 0 Å². The molecule has 16 nitrogen and oxygen atoms in total. The maximum Gasteiger partial charge on any atom is 0.416 e. The standard InChI is InChI=1S/C48H56F8N4O12S3/c1-46(20-8-4-7-17-36(61)57-22-25-60-37(62)18-19-38(60)63)34(58(23-10-13-27-74(67,68)69)33-30-31(49)29-32(39(33)46)48(54,55)56)15-5-3-6-16-35-47(2,21-9-12-26-73(64,65)66)40-41(50)42(51)43(52)44(53)45(40)59(35)24-11-14-28-75(70,71)72/h3,5-6,15-16,18-19,29-30H,4,7-14,17,20-28H2,1-2H3,(H3-,57,61,64,65,66,67,68,69,70,71,72)/p+1. The van der Waals surface area contributed by atoms with Gasteiger partial charge in [0.25, 0.3) is 47.9 Å². The molecule has 3 heterocycles. The van der Waals surface area contributed by atoms with Crippen LogP contribution in [-0.4, -0.2) is 115 Å². The minimum Gasteiger partial charge on any atom is -0.354 e. The number of unbranched alkanes of at least 4 members (excludes halogenated alkanes) is 5. The number of amides is 3. The van der Waals surface area contributed by atoms with Gasteiger partial charge in [0, 0.05) is 67.5 Å². The number of nitrogens with zero attached hydrogens (tertiary/aromatic N) is 3. The first-order valence-electron chi connectivity index (χ1n) is 23.7. The molecule has 0 aliphatic carbocycles. The minimum atomic E-state index is -5.09. The highest BCUT2D eigenvalue weighted by atomic mass is 32.2. The van der Waals surface area contributed by atoms with Crippen LogP contribution in [0.1, 0.15) is 108 Å². The summed E-state index contributed by atoms with van der Waals surface area (Å²) in [5, 5.41) is 2.60. The summed E-state index contributed by atoms with van der Waals surface area (Å²) in [6.07, 6.45) is 3.36. The zero-order valence-electron chi connectivity index (χ0n) is 40.7. The Kier molecular flexibility index (Phi) is 19.6. The van der Waals surface area contributed by atoms with Crippen molar-refractivity contribution < 1.29 is 93.0 Å². The number of halogens is 8. The Bertz CT molecular complexity index is 3040. The molecule has 2 aromatic carbocycles. The van der Waals surface area contributed by atoms with Crippen molar-refractivity contribution in [2.24, 2.45) is 0 Å². The molecule has 4 N–H and O–H groups in total. The van der Waals surface area contributed by atoms with Gasteiger partial charge in [-0.2, -0.15) is 47.4 Å². The van der Waals surface area contributed by atoms with E-state index in [4.69, 9.17) is 0 Å². The van der Waals surface area contributed by atoms with Gasteiger partial charge < -0.3 is 10.2 Å². The summed E-state index contributed by atoms with van der Waals surface area (Å²) in [5.74, 6) is -12.8. The molecule has 0 bridgehead atoms. The SMILES string of the molecule is CC1(CCCCS(=O)(=O)O)C(/C=C/C=C/C=C2/N(CCCCS(=O)(=O)O)c3cc(F)cc(C(F)(F)F)c3C2(C)CCCCCC(=O)NCCN2C(=O)C=CC2=O)=[N+](CCCCS(=O)(=O)O)c2c(F)c(F)c(F)c(F)c21. The normalized spacial score (nSPS) is 19.8. The zero-order valence-corrected chi connectivity index (χ0v) is 43.2. The van der Waals surface area contributed by atoms with Crippen LogP contribution < -0.4 is 10.2 Å². The number of alkyl halides is 3. The lowest BCUT2D eigenvalue weighted by molar-refractivity contribution is -0.440. The number of hydrogen-bond donors (Lipinski definition) is 4. The molecule has 75 heavy (non-hydrogen) atoms. The van der Waals surface area contributed by atoms with E-state index >= 15 is 17.6 Å². The monoisotopic (exact) mass is 1130 g/mol. The highest BCUT2D eigenvalue weighted by molar-refractivity contribution is 7.86. The predicted molar refractivity (Wildman–Crippen MR) is 259 cm³/mol. The van der Waals surface area contributed by atoms with Gasteiger partial charge in [-0.15, -0.1) is 0 Å². The second-order valence-corrected chi connectivity index (χ2v) is 23.5. The number of rotatable bonds is 27. The molecule has 3 amide bonds. The highest BCUT2D eigenvalue weighted by Crippen LogP contribution is 2.55. The predicted octanol–water partition coefficient (Wildman–Crippen LogP) is 7.92. The fourth-order valence-corrected chi connectivity index (χ4v) is 11.5. The molecule has 0 radical (unpaired) electrons. The Hall–Kier alpha value is -5.35. The van der Waals surface area contributed by atoms with Crippen LogP contribution in [0.4, 0.5) is 46.5 Å². The molecular weight excluding hydrogens is 1070 g/mol. The van der Waals surface area contributed by atoms with Crippen LogP contribution in [0.2, 0.25) is 0 Å². The number of hydrogen-bond acceptors (Lipinski definition) is 10. The number of anilines is 1. The number of carbonyl (C=O) groups is 3. The topological polar surface area (TPSA) is 236 Å². The van der Waals surface area contributed by atoms with Crippen LogP contribution in [-0.2, 0) is 61.7 Å². The fourth-order valence-electron chi connectivity index (χ4n) is 9.83. The first-order chi connectivity index (χ1) is 34.8. The molecule has 5 rings (SSSR count). The molecule has 3 aliphatic rings. The number of allylic oxidation sites excluding steroid dienone is 6. The van der Waals surface area contributed by atoms with Crippen LogP contribution in [0, 0.1) is 29.1 Å². The minimum absolute atomic E-state index is 0.0248. The number of nitrogens with one attached hydrogen (secondary N) is 1. The lowest BCUT2D eigenvalue weighted by Gasteiger charge is -2.31. The van der Waals surface area contributed by atoms with E-state index in [-0.39, 0.29) is 119 Å². The molecule has 3 aliphatic heterocycles. The average Bonchev–Trinajstić information content (AvgIpc) is 3.83. The van der Waals surface area contributed by atoms with E-state index < -0.39 is 128 Å². The van der Waals surface area contributed by atoms with E-state index in [1.54, 1.807) is 0 Å². The van der Waals surface area contributed by atoms with Gasteiger partial charge in [0.15, 0.2) is 17.3 Å². The first-order valence-corrected chi connectivity index (χ1v) is 28.5. The van der Waals surface area contributed by atoms with Crippen molar-refractivity contribution in [3.63, 3.8) is 0 Å². The zero-order chi connectivity index (χ0) is 55.9. The summed E-state index contributed by atoms with van der Waals surface area (Å²) in [6, 6.07) is 1.26. The van der Waals surface area contributed by atoms with E-state index in [0.29, 0.717) is 12.5 Å². The number of benzene rings is 2. The van der Waals surface area contributed by atoms with Crippen LogP contribution >= 0.6 is 0 Å². The Morgan fingerprint density at radius 2 is 1.23 bits per heavy atom. The fraction of sp³-hybridized carbons (Fsp3) is 0.500. The molecule has 2 unspecified atom stereocenters. The van der Waals surface area contributed by atoms with E-state index in [0.717, 1.165) is 27.7 Å². The molecule has 2 aromatic rings. The summed E-state index contributed by atoms with van der Waals surface area (Å²) >= 11 is 0. The number of carbonyl (C=O) groups excluding carboxylic acids is 3. The molecule has 27 heteroatoms. The Labute approximate surface area is 429 Å². The maximum absolute atomic E-state index is 15.9. The summed E-state index contributed by atoms with van der Waals surface area (Å²) < 4.78 is 220. The molecule has 2 atom stereocenters. The quantitative estimate of drug-likeness (QED) is 0.00974. The Morgan fingerprint density at radius 1 is 0.667 bits per heavy atom. The lowest BCUT2D eigenvalue weighted by atomic mass is 9.74. The van der Waals surface area contributed by atoms with E-state index in [9.17, 15) is 70.9 Å². The third-order valence-electron chi connectivity index (χ3n) is 13.3. The molecule has 0 aromatic heterocycles. The van der Waals surface area contributed by atoms with Crippen molar-refractivity contribution in [1.29, 1.82) is 0 Å². The van der Waals surface area contributed by atoms with E-state index in [2.05, 4.69) is 5.32 Å². The second kappa shape index (κ2) is 24.3. The van der Waals surface area contributed by atoms with Crippen LogP contribution in [0.15, 0.2) is 60.4 Å². The summed E-state index contributed by atoms with van der Waals surface area (Å²) in [6.45, 7) is 2.21. The van der Waals surface area contributed by atoms with Gasteiger partial charge in [-0.1, -0.05) is 37.5 Å². The smallest absolute Gasteiger partial charge is 0.354 e. The van der Waals surface area contributed by atoms with Crippen molar-refractivity contribution in [1.82, 2.24) is 10.2 Å². The third-order valence-corrected chi connectivity index (χ3v) is 15.7. The van der Waals surface area contributed by atoms with Gasteiger partial charge in [0.2, 0.25) is 17.5 Å². The summed E-state index contributed by atoms with van der Waals surface area (Å²) in [7, 11) is -13.4. The average molecular weight is 1130 g/mol. The van der Waals surface area contributed by atoms with Gasteiger partial charge in [0.1, 0.15) is 12.4 Å². The van der Waals surface area contributed by atoms with Gasteiger partial charge in [-0.25, -0.2) is 17.6 Å². The summed E-state index contributed by atoms with van der Waals surface area (Å²) in [5.41, 5.74) is -6.39. The van der Waals surface area contributed by atoms with Crippen LogP contribution in [0.25, 0.3) is 0 Å². The van der Waals surface area contributed by atoms with Crippen molar-refractivity contribution >= 4 is 65.2 Å². The van der Waals surface area contributed by atoms with Crippen molar-refractivity contribution in [2.75, 3.05) is 48.3 Å². The highest BCUT2D eigenvalue weighted by Gasteiger charge is 2.53. The molecular formula is C48H57F8N4O12S3+. The molecule has 414 valence electrons. The molecule has 0 saturated carbocycles. The van der Waals surface area contributed by atoms with Crippen LogP contribution in [0.5, 0.6) is 0 Å². The lowest BCUT2D eigenvalue weighted by Crippen LogP contribution is -2.38. The van der Waals surface area contributed by atoms with E-state index in [1.165, 1.54) is 49.1 Å². The van der Waals surface area contributed by atoms with Gasteiger partial charge in [-0.05, 0) is 82.6 Å². The molecule has 0 fully saturated rings. The largest absolute Gasteiger partial charge is 0.416 e.